The fourth-order valence-electron chi connectivity index (χ4n) is 2.73. The topological polar surface area (TPSA) is 67.6 Å². The van der Waals surface area contributed by atoms with Gasteiger partial charge in [0, 0.05) is 24.2 Å². The molecule has 152 valence electrons. The van der Waals surface area contributed by atoms with Crippen LogP contribution in [0.25, 0.3) is 11.5 Å². The fourth-order valence-corrected chi connectivity index (χ4v) is 2.73. The molecule has 0 bridgehead atoms. The highest BCUT2D eigenvalue weighted by Gasteiger charge is 2.13. The molecule has 0 fully saturated rings. The first-order valence-corrected chi connectivity index (χ1v) is 9.61. The van der Waals surface area contributed by atoms with E-state index in [9.17, 15) is 4.79 Å². The largest absolute Gasteiger partial charge is 0.487 e. The Hall–Kier alpha value is -3.12. The normalized spacial score (nSPS) is 10.9. The van der Waals surface area contributed by atoms with Crippen molar-refractivity contribution in [2.75, 3.05) is 27.2 Å². The molecular formula is C23H27N3O3. The lowest BCUT2D eigenvalue weighted by atomic mass is 10.1. The Morgan fingerprint density at radius 2 is 1.76 bits per heavy atom. The van der Waals surface area contributed by atoms with Gasteiger partial charge in [-0.05, 0) is 64.3 Å². The number of carbonyl (C=O) groups excluding carboxylic acids is 1. The van der Waals surface area contributed by atoms with Crippen LogP contribution < -0.4 is 10.1 Å². The Labute approximate surface area is 171 Å². The highest BCUT2D eigenvalue weighted by atomic mass is 16.5. The van der Waals surface area contributed by atoms with Crippen molar-refractivity contribution >= 4 is 5.91 Å². The molecule has 1 amide bonds. The Balaban J connectivity index is 1.62. The molecule has 0 atom stereocenters. The maximum absolute atomic E-state index is 12.2. The predicted octanol–water partition coefficient (Wildman–Crippen LogP) is 3.83. The SMILES string of the molecule is Cc1ccc(OCc2nc(-c3ccc(C(=O)NCCN(C)C)cc3)oc2C)cc1. The average Bonchev–Trinajstić information content (AvgIpc) is 3.08. The number of hydrogen-bond donors (Lipinski definition) is 1. The second-order valence-electron chi connectivity index (χ2n) is 7.26. The molecule has 0 saturated carbocycles. The van der Waals surface area contributed by atoms with Crippen LogP contribution in [0, 0.1) is 13.8 Å². The lowest BCUT2D eigenvalue weighted by Crippen LogP contribution is -2.31. The summed E-state index contributed by atoms with van der Waals surface area (Å²) in [5, 5.41) is 2.90. The third-order valence-corrected chi connectivity index (χ3v) is 4.53. The number of carbonyl (C=O) groups is 1. The van der Waals surface area contributed by atoms with Crippen molar-refractivity contribution < 1.29 is 13.9 Å². The number of ether oxygens (including phenoxy) is 1. The number of aromatic nitrogens is 1. The van der Waals surface area contributed by atoms with E-state index in [0.717, 1.165) is 29.3 Å². The van der Waals surface area contributed by atoms with Gasteiger partial charge in [0.1, 0.15) is 23.8 Å². The van der Waals surface area contributed by atoms with E-state index in [4.69, 9.17) is 9.15 Å². The van der Waals surface area contributed by atoms with Gasteiger partial charge in [-0.15, -0.1) is 0 Å². The molecule has 0 aliphatic carbocycles. The van der Waals surface area contributed by atoms with E-state index in [2.05, 4.69) is 10.3 Å². The van der Waals surface area contributed by atoms with Crippen LogP contribution in [0.4, 0.5) is 0 Å². The van der Waals surface area contributed by atoms with Crippen LogP contribution in [-0.2, 0) is 6.61 Å². The van der Waals surface area contributed by atoms with Gasteiger partial charge in [-0.25, -0.2) is 4.98 Å². The van der Waals surface area contributed by atoms with Crippen molar-refractivity contribution in [1.29, 1.82) is 0 Å². The zero-order valence-electron chi connectivity index (χ0n) is 17.4. The van der Waals surface area contributed by atoms with Gasteiger partial charge < -0.3 is 19.4 Å². The minimum atomic E-state index is -0.0887. The van der Waals surface area contributed by atoms with Crippen LogP contribution in [0.5, 0.6) is 5.75 Å². The molecule has 0 spiro atoms. The number of amides is 1. The summed E-state index contributed by atoms with van der Waals surface area (Å²) in [5.74, 6) is 1.94. The number of nitrogens with zero attached hydrogens (tertiary/aromatic N) is 2. The zero-order valence-corrected chi connectivity index (χ0v) is 17.4. The maximum atomic E-state index is 12.2. The Kier molecular flexibility index (Phi) is 6.67. The van der Waals surface area contributed by atoms with Crippen LogP contribution in [0.1, 0.15) is 27.4 Å². The van der Waals surface area contributed by atoms with Crippen molar-refractivity contribution in [1.82, 2.24) is 15.2 Å². The van der Waals surface area contributed by atoms with Gasteiger partial charge in [0.2, 0.25) is 5.89 Å². The Bertz CT molecular complexity index is 945. The summed E-state index contributed by atoms with van der Waals surface area (Å²) in [6.45, 7) is 5.65. The molecule has 0 aliphatic rings. The zero-order chi connectivity index (χ0) is 20.8. The molecule has 3 aromatic rings. The van der Waals surface area contributed by atoms with Crippen molar-refractivity contribution in [2.45, 2.75) is 20.5 Å². The smallest absolute Gasteiger partial charge is 0.251 e. The van der Waals surface area contributed by atoms with Crippen LogP contribution in [0.2, 0.25) is 0 Å². The number of nitrogens with one attached hydrogen (secondary N) is 1. The second-order valence-corrected chi connectivity index (χ2v) is 7.26. The molecule has 0 saturated heterocycles. The van der Waals surface area contributed by atoms with E-state index in [1.807, 2.05) is 69.2 Å². The number of oxazole rings is 1. The number of aryl methyl sites for hydroxylation is 2. The van der Waals surface area contributed by atoms with Gasteiger partial charge in [0.05, 0.1) is 0 Å². The maximum Gasteiger partial charge on any atom is 0.251 e. The highest BCUT2D eigenvalue weighted by molar-refractivity contribution is 5.94. The first-order valence-electron chi connectivity index (χ1n) is 9.61. The van der Waals surface area contributed by atoms with Crippen LogP contribution in [0.15, 0.2) is 52.9 Å². The van der Waals surface area contributed by atoms with Gasteiger partial charge in [-0.3, -0.25) is 4.79 Å². The molecule has 2 aromatic carbocycles. The lowest BCUT2D eigenvalue weighted by Gasteiger charge is -2.10. The molecule has 1 N–H and O–H groups in total. The second kappa shape index (κ2) is 9.39. The number of hydrogen-bond acceptors (Lipinski definition) is 5. The summed E-state index contributed by atoms with van der Waals surface area (Å²) in [5.41, 5.74) is 3.37. The first kappa shape index (κ1) is 20.6. The monoisotopic (exact) mass is 393 g/mol. The number of likely N-dealkylation sites (N-methyl/N-ethyl adjacent to an activating group) is 1. The van der Waals surface area contributed by atoms with E-state index in [0.29, 0.717) is 24.6 Å². The van der Waals surface area contributed by atoms with E-state index >= 15 is 0 Å². The summed E-state index contributed by atoms with van der Waals surface area (Å²) in [6, 6.07) is 15.1. The van der Waals surface area contributed by atoms with Gasteiger partial charge in [0.15, 0.2) is 0 Å². The van der Waals surface area contributed by atoms with E-state index in [-0.39, 0.29) is 5.91 Å². The standard InChI is InChI=1S/C23H27N3O3/c1-16-5-11-20(12-6-16)28-15-21-17(2)29-23(25-21)19-9-7-18(8-10-19)22(27)24-13-14-26(3)4/h5-12H,13-15H2,1-4H3,(H,24,27). The van der Waals surface area contributed by atoms with E-state index < -0.39 is 0 Å². The first-order chi connectivity index (χ1) is 13.9. The molecule has 1 aromatic heterocycles. The molecule has 1 heterocycles. The molecular weight excluding hydrogens is 366 g/mol. The molecule has 0 unspecified atom stereocenters. The summed E-state index contributed by atoms with van der Waals surface area (Å²) >= 11 is 0. The van der Waals surface area contributed by atoms with Gasteiger partial charge in [-0.2, -0.15) is 0 Å². The van der Waals surface area contributed by atoms with Crippen LogP contribution in [-0.4, -0.2) is 43.0 Å². The minimum absolute atomic E-state index is 0.0887. The van der Waals surface area contributed by atoms with E-state index in [1.54, 1.807) is 12.1 Å². The van der Waals surface area contributed by atoms with Crippen molar-refractivity contribution in [3.05, 3.63) is 71.1 Å². The molecule has 0 radical (unpaired) electrons. The van der Waals surface area contributed by atoms with Crippen LogP contribution >= 0.6 is 0 Å². The molecule has 29 heavy (non-hydrogen) atoms. The summed E-state index contributed by atoms with van der Waals surface area (Å²) < 4.78 is 11.6. The summed E-state index contributed by atoms with van der Waals surface area (Å²) in [7, 11) is 3.94. The van der Waals surface area contributed by atoms with Crippen molar-refractivity contribution in [3.8, 4) is 17.2 Å². The highest BCUT2D eigenvalue weighted by Crippen LogP contribution is 2.23. The minimum Gasteiger partial charge on any atom is -0.487 e. The van der Waals surface area contributed by atoms with Gasteiger partial charge >= 0.3 is 0 Å². The number of benzene rings is 2. The van der Waals surface area contributed by atoms with Crippen LogP contribution in [0.3, 0.4) is 0 Å². The predicted molar refractivity (Wildman–Crippen MR) is 113 cm³/mol. The molecule has 6 nitrogen and oxygen atoms in total. The third kappa shape index (κ3) is 5.68. The Morgan fingerprint density at radius 3 is 2.41 bits per heavy atom. The van der Waals surface area contributed by atoms with Gasteiger partial charge in [-0.1, -0.05) is 17.7 Å². The fraction of sp³-hybridized carbons (Fsp3) is 0.304. The van der Waals surface area contributed by atoms with Gasteiger partial charge in [0.25, 0.3) is 5.91 Å². The van der Waals surface area contributed by atoms with Crippen molar-refractivity contribution in [3.63, 3.8) is 0 Å². The molecule has 6 heteroatoms. The summed E-state index contributed by atoms with van der Waals surface area (Å²) in [4.78, 5) is 18.8. The number of rotatable bonds is 8. The van der Waals surface area contributed by atoms with E-state index in [1.165, 1.54) is 5.56 Å². The molecule has 0 aliphatic heterocycles. The Morgan fingerprint density at radius 1 is 1.07 bits per heavy atom. The third-order valence-electron chi connectivity index (χ3n) is 4.53. The average molecular weight is 393 g/mol. The quantitative estimate of drug-likeness (QED) is 0.630. The molecule has 3 rings (SSSR count). The van der Waals surface area contributed by atoms with Crippen molar-refractivity contribution in [2.24, 2.45) is 0 Å². The lowest BCUT2D eigenvalue weighted by molar-refractivity contribution is 0.0951. The summed E-state index contributed by atoms with van der Waals surface area (Å²) in [6.07, 6.45) is 0.